The van der Waals surface area contributed by atoms with Crippen molar-refractivity contribution in [3.63, 3.8) is 0 Å². The zero-order valence-corrected chi connectivity index (χ0v) is 83.7. The van der Waals surface area contributed by atoms with Crippen LogP contribution in [0.4, 0.5) is 51.2 Å². The fourth-order valence-corrected chi connectivity index (χ4v) is 21.7. The van der Waals surface area contributed by atoms with E-state index in [9.17, 15) is 0 Å². The normalized spacial score (nSPS) is 11.6. The molecule has 1 aliphatic carbocycles. The smallest absolute Gasteiger partial charge is 0.0465 e. The minimum Gasteiger partial charge on any atom is -0.311 e. The first kappa shape index (κ1) is 93.1. The van der Waals surface area contributed by atoms with Crippen LogP contribution in [-0.4, -0.2) is 0 Å². The van der Waals surface area contributed by atoms with Crippen molar-refractivity contribution in [2.24, 2.45) is 0 Å². The predicted octanol–water partition coefficient (Wildman–Crippen LogP) is 41.2. The highest BCUT2D eigenvalue weighted by Gasteiger charge is 2.37. The van der Waals surface area contributed by atoms with Gasteiger partial charge in [-0.15, -0.1) is 0 Å². The lowest BCUT2D eigenvalue weighted by atomic mass is 9.81. The Labute approximate surface area is 879 Å². The summed E-state index contributed by atoms with van der Waals surface area (Å²) < 4.78 is 0. The summed E-state index contributed by atoms with van der Waals surface area (Å²) in [7, 11) is 0. The molecule has 3 nitrogen and oxygen atoms in total. The van der Waals surface area contributed by atoms with E-state index in [-0.39, 0.29) is 5.41 Å². The van der Waals surface area contributed by atoms with Crippen molar-refractivity contribution in [2.75, 3.05) is 14.7 Å². The van der Waals surface area contributed by atoms with Crippen LogP contribution >= 0.6 is 0 Å². The molecule has 150 heavy (non-hydrogen) atoms. The van der Waals surface area contributed by atoms with Gasteiger partial charge in [-0.2, -0.15) is 0 Å². The highest BCUT2D eigenvalue weighted by Crippen LogP contribution is 2.53. The van der Waals surface area contributed by atoms with Gasteiger partial charge in [0.25, 0.3) is 0 Å². The topological polar surface area (TPSA) is 9.72 Å². The van der Waals surface area contributed by atoms with E-state index < -0.39 is 0 Å². The van der Waals surface area contributed by atoms with Gasteiger partial charge in [-0.3, -0.25) is 0 Å². The van der Waals surface area contributed by atoms with Crippen LogP contribution in [0.5, 0.6) is 0 Å². The van der Waals surface area contributed by atoms with Crippen LogP contribution in [0.1, 0.15) is 25.0 Å². The Morgan fingerprint density at radius 1 is 0.113 bits per heavy atom. The van der Waals surface area contributed by atoms with E-state index in [1.54, 1.807) is 0 Å². The first-order chi connectivity index (χ1) is 74.1. The van der Waals surface area contributed by atoms with Crippen LogP contribution in [0.15, 0.2) is 613 Å². The SMILES string of the molecule is CC1(C)c2cc(-c3ccc4cccc(-c5ccccc5)c4c3)ccc2-c2ccc(N(c3ccccc3)c3ccccc3)cc21.c1ccc(-c2ccc(N(c3ccc(-c4ccccc4)cc3)c3ccc(-c4ccc5cccc(-c6cccc(-c7ccccc7)c6)c5c4)cc3)cc2)cc1.c1ccc(-c2ccc(N(c3ccc(-c4ccccc4)cc3)c3ccc(-c4ccc5cccc(-c6ccccc6-c6ccccc6)c5c4)cc3)cc2)cc1. The fourth-order valence-electron chi connectivity index (χ4n) is 21.7. The van der Waals surface area contributed by atoms with E-state index in [4.69, 9.17) is 0 Å². The molecular weight excluding hydrogens is 1810 g/mol. The molecule has 710 valence electrons. The lowest BCUT2D eigenvalue weighted by molar-refractivity contribution is 0.660. The number of benzene rings is 25. The monoisotopic (exact) mass is 1910 g/mol. The van der Waals surface area contributed by atoms with Gasteiger partial charge in [0.2, 0.25) is 0 Å². The number of para-hydroxylation sites is 2. The van der Waals surface area contributed by atoms with E-state index in [1.807, 2.05) is 0 Å². The molecule has 0 aromatic heterocycles. The lowest BCUT2D eigenvalue weighted by Gasteiger charge is -2.28. The highest BCUT2D eigenvalue weighted by molar-refractivity contribution is 6.05. The van der Waals surface area contributed by atoms with Crippen molar-refractivity contribution >= 4 is 83.5 Å². The van der Waals surface area contributed by atoms with Crippen LogP contribution in [-0.2, 0) is 5.41 Å². The fraction of sp³-hybridized carbons (Fsp3) is 0.0204. The molecule has 0 saturated heterocycles. The average Bonchev–Trinajstić information content (AvgIpc) is 1.57. The van der Waals surface area contributed by atoms with Gasteiger partial charge in [0, 0.05) is 56.6 Å². The van der Waals surface area contributed by atoms with Gasteiger partial charge < -0.3 is 14.7 Å². The molecule has 0 radical (unpaired) electrons. The Bertz CT molecular complexity index is 8820. The third-order valence-corrected chi connectivity index (χ3v) is 29.4. The maximum atomic E-state index is 2.42. The summed E-state index contributed by atoms with van der Waals surface area (Å²) in [6, 6.07) is 221. The molecule has 0 saturated carbocycles. The quantitative estimate of drug-likeness (QED) is 0.0710. The minimum absolute atomic E-state index is 0.137. The first-order valence-electron chi connectivity index (χ1n) is 51.7. The average molecular weight is 1920 g/mol. The first-order valence-corrected chi connectivity index (χ1v) is 51.7. The molecule has 3 heteroatoms. The second-order valence-electron chi connectivity index (χ2n) is 39.0. The molecule has 0 aliphatic heterocycles. The molecule has 0 fully saturated rings. The number of rotatable bonds is 21. The molecule has 0 unspecified atom stereocenters. The molecule has 0 N–H and O–H groups in total. The molecule has 0 bridgehead atoms. The zero-order valence-electron chi connectivity index (χ0n) is 83.7. The Kier molecular flexibility index (Phi) is 26.2. The van der Waals surface area contributed by atoms with Crippen molar-refractivity contribution in [1.82, 2.24) is 0 Å². The molecule has 0 spiro atoms. The number of hydrogen-bond acceptors (Lipinski definition) is 3. The van der Waals surface area contributed by atoms with Crippen LogP contribution in [0.25, 0.3) is 177 Å². The third kappa shape index (κ3) is 19.4. The summed E-state index contributed by atoms with van der Waals surface area (Å²) in [6.45, 7) is 4.74. The van der Waals surface area contributed by atoms with E-state index in [1.165, 1.54) is 194 Å². The zero-order chi connectivity index (χ0) is 100. The van der Waals surface area contributed by atoms with Crippen molar-refractivity contribution in [3.05, 3.63) is 624 Å². The molecule has 0 heterocycles. The number of anilines is 9. The Morgan fingerprint density at radius 2 is 0.320 bits per heavy atom. The number of fused-ring (bicyclic) bond motifs is 6. The van der Waals surface area contributed by atoms with Crippen LogP contribution in [0, 0.1) is 0 Å². The Hall–Kier alpha value is -19.3. The van der Waals surface area contributed by atoms with Gasteiger partial charge in [0.1, 0.15) is 0 Å². The molecular formula is C147H107N3. The summed E-state index contributed by atoms with van der Waals surface area (Å²) in [6.07, 6.45) is 0. The van der Waals surface area contributed by atoms with Gasteiger partial charge in [0.05, 0.1) is 0 Å². The Morgan fingerprint density at radius 3 is 0.693 bits per heavy atom. The van der Waals surface area contributed by atoms with Crippen molar-refractivity contribution < 1.29 is 0 Å². The minimum atomic E-state index is -0.137. The molecule has 25 aromatic carbocycles. The molecule has 25 aromatic rings. The second-order valence-corrected chi connectivity index (χ2v) is 39.0. The van der Waals surface area contributed by atoms with E-state index in [0.717, 1.165) is 45.5 Å². The van der Waals surface area contributed by atoms with Gasteiger partial charge in [-0.25, -0.2) is 0 Å². The van der Waals surface area contributed by atoms with Crippen molar-refractivity contribution in [2.45, 2.75) is 19.3 Å². The lowest BCUT2D eigenvalue weighted by Crippen LogP contribution is -2.16. The van der Waals surface area contributed by atoms with Gasteiger partial charge >= 0.3 is 0 Å². The van der Waals surface area contributed by atoms with Crippen molar-refractivity contribution in [3.8, 4) is 145 Å². The van der Waals surface area contributed by atoms with Gasteiger partial charge in [-0.05, 0) is 328 Å². The largest absolute Gasteiger partial charge is 0.311 e. The van der Waals surface area contributed by atoms with E-state index >= 15 is 0 Å². The maximum absolute atomic E-state index is 2.42. The summed E-state index contributed by atoms with van der Waals surface area (Å²) >= 11 is 0. The second kappa shape index (κ2) is 42.2. The van der Waals surface area contributed by atoms with E-state index in [0.29, 0.717) is 0 Å². The van der Waals surface area contributed by atoms with Crippen LogP contribution in [0.3, 0.4) is 0 Å². The van der Waals surface area contributed by atoms with Gasteiger partial charge in [-0.1, -0.05) is 487 Å². The summed E-state index contributed by atoms with van der Waals surface area (Å²) in [5, 5.41) is 7.50. The van der Waals surface area contributed by atoms with Crippen LogP contribution in [0.2, 0.25) is 0 Å². The number of nitrogens with zero attached hydrogens (tertiary/aromatic N) is 3. The predicted molar refractivity (Wildman–Crippen MR) is 639 cm³/mol. The van der Waals surface area contributed by atoms with Gasteiger partial charge in [0.15, 0.2) is 0 Å². The molecule has 0 atom stereocenters. The molecule has 26 rings (SSSR count). The molecule has 0 amide bonds. The maximum Gasteiger partial charge on any atom is 0.0465 e. The Balaban J connectivity index is 0.000000120. The van der Waals surface area contributed by atoms with E-state index in [2.05, 4.69) is 641 Å². The van der Waals surface area contributed by atoms with Crippen molar-refractivity contribution in [1.29, 1.82) is 0 Å². The highest BCUT2D eigenvalue weighted by atomic mass is 15.2. The summed E-state index contributed by atoms with van der Waals surface area (Å²) in [4.78, 5) is 7.03. The summed E-state index contributed by atoms with van der Waals surface area (Å²) in [5.74, 6) is 0. The summed E-state index contributed by atoms with van der Waals surface area (Å²) in [5.41, 5.74) is 44.7. The van der Waals surface area contributed by atoms with Crippen LogP contribution < -0.4 is 14.7 Å². The number of hydrogen-bond donors (Lipinski definition) is 0. The third-order valence-electron chi connectivity index (χ3n) is 29.4. The molecule has 1 aliphatic rings. The standard InChI is InChI=1S/2C52H37N.C43H33N/c1-4-12-38(13-5-1)41-24-30-48(31-25-41)53(49-32-26-42(27-33-49)39-14-6-2-7-15-39)50-34-28-43(29-35-50)46-23-22-44-18-11-21-51(52(44)37-46)47-20-10-19-45(36-47)40-16-8-3-9-17-40;1-4-13-38(14-5-1)40-25-31-46(32-26-40)53(47-33-27-41(28-34-47)39-15-6-2-7-16-39)48-35-29-42(30-36-48)45-24-23-44-19-12-22-51(52(44)37-45)50-21-11-10-20-49(50)43-17-8-3-9-18-43;1-43(2)41-28-33(32-22-21-31-15-12-20-37(40(31)27-32)30-13-6-3-7-14-30)23-25-38(41)39-26-24-36(29-42(39)43)44(34-16-8-4-9-17-34)35-18-10-5-11-19-35/h2*1-37H;3-29H,1-2H3.